The fourth-order valence-electron chi connectivity index (χ4n) is 3.84. The number of β-amino-alcohol motifs (C(OH)–C–C–N with tert-alkyl or cyclic N) is 1. The molecule has 1 aromatic rings. The van der Waals surface area contributed by atoms with Gasteiger partial charge >= 0.3 is 6.09 Å². The van der Waals surface area contributed by atoms with Crippen molar-refractivity contribution in [1.82, 2.24) is 9.80 Å². The summed E-state index contributed by atoms with van der Waals surface area (Å²) in [5, 5.41) is 41.1. The van der Waals surface area contributed by atoms with Gasteiger partial charge in [-0.05, 0) is 28.8 Å². The molecule has 3 N–H and O–H groups in total. The summed E-state index contributed by atoms with van der Waals surface area (Å²) in [5.41, 5.74) is 1.14. The van der Waals surface area contributed by atoms with Gasteiger partial charge < -0.3 is 20.2 Å². The Labute approximate surface area is 158 Å². The average molecular weight is 381 g/mol. The number of hydrogen-bond donors (Lipinski definition) is 3. The molecular formula is C18H27N3O4S. The second-order valence-electron chi connectivity index (χ2n) is 7.80. The zero-order chi connectivity index (χ0) is 19.6. The molecular weight excluding hydrogens is 354 g/mol. The van der Waals surface area contributed by atoms with Crippen molar-refractivity contribution in [2.75, 3.05) is 26.2 Å². The third-order valence-corrected chi connectivity index (χ3v) is 6.07. The van der Waals surface area contributed by atoms with Crippen molar-refractivity contribution in [3.05, 3.63) is 21.4 Å². The maximum absolute atomic E-state index is 11.7. The van der Waals surface area contributed by atoms with Gasteiger partial charge in [0.05, 0.1) is 24.8 Å². The number of nitrogens with zero attached hydrogens (tertiary/aromatic N) is 3. The fraction of sp³-hybridized carbons (Fsp3) is 0.667. The van der Waals surface area contributed by atoms with E-state index >= 15 is 0 Å². The highest BCUT2D eigenvalue weighted by Crippen LogP contribution is 2.34. The Balaban J connectivity index is 2.24. The SMILES string of the molecule is Cc1c(C(O)CN2CCN(C(=O)O)C(C(C)(C)C)[C@H]2CO)csc1C#N. The van der Waals surface area contributed by atoms with Crippen LogP contribution in [0.15, 0.2) is 5.38 Å². The summed E-state index contributed by atoms with van der Waals surface area (Å²) in [6, 6.07) is 1.34. The molecule has 1 fully saturated rings. The van der Waals surface area contributed by atoms with E-state index in [4.69, 9.17) is 5.26 Å². The van der Waals surface area contributed by atoms with E-state index in [9.17, 15) is 20.1 Å². The Bertz CT molecular complexity index is 692. The smallest absolute Gasteiger partial charge is 0.407 e. The summed E-state index contributed by atoms with van der Waals surface area (Å²) in [6.07, 6.45) is -1.78. The zero-order valence-electron chi connectivity index (χ0n) is 15.6. The van der Waals surface area contributed by atoms with Crippen LogP contribution in [0.3, 0.4) is 0 Å². The Morgan fingerprint density at radius 3 is 2.58 bits per heavy atom. The average Bonchev–Trinajstić information content (AvgIpc) is 2.93. The molecule has 0 aliphatic carbocycles. The highest BCUT2D eigenvalue weighted by molar-refractivity contribution is 7.10. The van der Waals surface area contributed by atoms with E-state index in [-0.39, 0.29) is 24.6 Å². The van der Waals surface area contributed by atoms with E-state index < -0.39 is 18.2 Å². The molecule has 2 unspecified atom stereocenters. The highest BCUT2D eigenvalue weighted by Gasteiger charge is 2.45. The van der Waals surface area contributed by atoms with Crippen molar-refractivity contribution in [3.8, 4) is 6.07 Å². The van der Waals surface area contributed by atoms with Gasteiger partial charge in [0.15, 0.2) is 0 Å². The third-order valence-electron chi connectivity index (χ3n) is 5.06. The lowest BCUT2D eigenvalue weighted by Gasteiger charge is -2.51. The summed E-state index contributed by atoms with van der Waals surface area (Å²) in [4.78, 5) is 15.6. The predicted octanol–water partition coefficient (Wildman–Crippen LogP) is 2.03. The largest absolute Gasteiger partial charge is 0.465 e. The van der Waals surface area contributed by atoms with Crippen molar-refractivity contribution < 1.29 is 20.1 Å². The molecule has 1 aromatic heterocycles. The first-order valence-electron chi connectivity index (χ1n) is 8.62. The molecule has 0 bridgehead atoms. The summed E-state index contributed by atoms with van der Waals surface area (Å²) < 4.78 is 0. The lowest BCUT2D eigenvalue weighted by Crippen LogP contribution is -2.66. The van der Waals surface area contributed by atoms with Gasteiger partial charge in [-0.2, -0.15) is 5.26 Å². The minimum Gasteiger partial charge on any atom is -0.465 e. The number of amides is 1. The molecule has 2 rings (SSSR count). The number of aliphatic hydroxyl groups is 2. The van der Waals surface area contributed by atoms with Gasteiger partial charge in [-0.1, -0.05) is 20.8 Å². The normalized spacial score (nSPS) is 22.9. The third kappa shape index (κ3) is 4.01. The molecule has 1 amide bonds. The molecule has 7 nitrogen and oxygen atoms in total. The summed E-state index contributed by atoms with van der Waals surface area (Å²) >= 11 is 1.31. The minimum atomic E-state index is -0.990. The standard InChI is InChI=1S/C18H27N3O4S/c1-11-12(10-26-15(11)7-19)14(23)8-20-5-6-21(17(24)25)16(13(20)9-22)18(2,3)4/h10,13-14,16,22-23H,5-6,8-9H2,1-4H3,(H,24,25)/t13-,14?,16?/m1/s1. The van der Waals surface area contributed by atoms with Crippen LogP contribution < -0.4 is 0 Å². The molecule has 1 aliphatic rings. The zero-order valence-corrected chi connectivity index (χ0v) is 16.5. The van der Waals surface area contributed by atoms with Gasteiger partial charge in [-0.3, -0.25) is 4.90 Å². The van der Waals surface area contributed by atoms with Gasteiger partial charge in [0.2, 0.25) is 0 Å². The van der Waals surface area contributed by atoms with Crippen LogP contribution >= 0.6 is 11.3 Å². The molecule has 1 aliphatic heterocycles. The molecule has 3 atom stereocenters. The van der Waals surface area contributed by atoms with E-state index in [1.54, 1.807) is 5.38 Å². The van der Waals surface area contributed by atoms with Crippen molar-refractivity contribution in [3.63, 3.8) is 0 Å². The minimum absolute atomic E-state index is 0.190. The quantitative estimate of drug-likeness (QED) is 0.736. The van der Waals surface area contributed by atoms with Crippen LogP contribution in [0, 0.1) is 23.7 Å². The Morgan fingerprint density at radius 2 is 2.12 bits per heavy atom. The van der Waals surface area contributed by atoms with Crippen LogP contribution in [0.5, 0.6) is 0 Å². The molecule has 2 heterocycles. The highest BCUT2D eigenvalue weighted by atomic mass is 32.1. The van der Waals surface area contributed by atoms with Gasteiger partial charge in [-0.25, -0.2) is 4.79 Å². The van der Waals surface area contributed by atoms with Crippen molar-refractivity contribution in [2.24, 2.45) is 5.41 Å². The van der Waals surface area contributed by atoms with Crippen molar-refractivity contribution in [2.45, 2.75) is 45.9 Å². The van der Waals surface area contributed by atoms with E-state index in [1.807, 2.05) is 32.6 Å². The van der Waals surface area contributed by atoms with Crippen LogP contribution in [-0.2, 0) is 0 Å². The van der Waals surface area contributed by atoms with E-state index in [2.05, 4.69) is 6.07 Å². The monoisotopic (exact) mass is 381 g/mol. The van der Waals surface area contributed by atoms with Gasteiger partial charge in [-0.15, -0.1) is 11.3 Å². The lowest BCUT2D eigenvalue weighted by molar-refractivity contribution is -0.0540. The molecule has 26 heavy (non-hydrogen) atoms. The van der Waals surface area contributed by atoms with Crippen LogP contribution in [0.2, 0.25) is 0 Å². The number of rotatable bonds is 4. The van der Waals surface area contributed by atoms with Crippen LogP contribution in [0.1, 0.15) is 42.9 Å². The second kappa shape index (κ2) is 7.92. The number of aliphatic hydroxyl groups excluding tert-OH is 2. The number of nitriles is 1. The van der Waals surface area contributed by atoms with Gasteiger partial charge in [0, 0.05) is 19.6 Å². The molecule has 0 aromatic carbocycles. The maximum atomic E-state index is 11.7. The Kier molecular flexibility index (Phi) is 6.29. The molecule has 0 spiro atoms. The first-order valence-corrected chi connectivity index (χ1v) is 9.50. The van der Waals surface area contributed by atoms with Gasteiger partial charge in [0.1, 0.15) is 10.9 Å². The van der Waals surface area contributed by atoms with E-state index in [0.717, 1.165) is 11.1 Å². The second-order valence-corrected chi connectivity index (χ2v) is 8.68. The molecule has 0 radical (unpaired) electrons. The van der Waals surface area contributed by atoms with E-state index in [0.29, 0.717) is 18.0 Å². The first kappa shape index (κ1) is 20.6. The molecule has 144 valence electrons. The molecule has 1 saturated heterocycles. The van der Waals surface area contributed by atoms with Crippen LogP contribution in [0.4, 0.5) is 4.79 Å². The summed E-state index contributed by atoms with van der Waals surface area (Å²) in [5.74, 6) is 0. The number of piperazine rings is 1. The van der Waals surface area contributed by atoms with E-state index in [1.165, 1.54) is 16.2 Å². The molecule has 0 saturated carbocycles. The van der Waals surface area contributed by atoms with Crippen LogP contribution in [0.25, 0.3) is 0 Å². The molecule has 8 heteroatoms. The van der Waals surface area contributed by atoms with Crippen molar-refractivity contribution in [1.29, 1.82) is 5.26 Å². The number of carbonyl (C=O) groups is 1. The maximum Gasteiger partial charge on any atom is 0.407 e. The topological polar surface area (TPSA) is 108 Å². The predicted molar refractivity (Wildman–Crippen MR) is 99.2 cm³/mol. The Morgan fingerprint density at radius 1 is 1.46 bits per heavy atom. The summed E-state index contributed by atoms with van der Waals surface area (Å²) in [7, 11) is 0. The van der Waals surface area contributed by atoms with Crippen molar-refractivity contribution >= 4 is 17.4 Å². The van der Waals surface area contributed by atoms with Gasteiger partial charge in [0.25, 0.3) is 0 Å². The fourth-order valence-corrected chi connectivity index (χ4v) is 4.77. The number of thiophene rings is 1. The number of carboxylic acid groups (broad SMARTS) is 1. The summed E-state index contributed by atoms with van der Waals surface area (Å²) in [6.45, 7) is 8.55. The first-order chi connectivity index (χ1) is 12.1. The lowest BCUT2D eigenvalue weighted by atomic mass is 9.79. The van der Waals surface area contributed by atoms with Crippen LogP contribution in [-0.4, -0.2) is 69.5 Å². The Hall–Kier alpha value is -1.66. The number of hydrogen-bond acceptors (Lipinski definition) is 6.